The largest absolute Gasteiger partial charge is 0.418 e. The van der Waals surface area contributed by atoms with Gasteiger partial charge in [0.2, 0.25) is 0 Å². The summed E-state index contributed by atoms with van der Waals surface area (Å²) in [5.74, 6) is 0. The highest BCUT2D eigenvalue weighted by atomic mass is 19.4. The van der Waals surface area contributed by atoms with Gasteiger partial charge in [0.25, 0.3) is 5.69 Å². The Hall–Kier alpha value is -1.83. The molecule has 0 aromatic heterocycles. The van der Waals surface area contributed by atoms with Crippen LogP contribution in [0, 0.1) is 10.1 Å². The van der Waals surface area contributed by atoms with Crippen LogP contribution in [0.25, 0.3) is 0 Å². The third-order valence-electron chi connectivity index (χ3n) is 2.36. The summed E-state index contributed by atoms with van der Waals surface area (Å²) in [5.41, 5.74) is -1.80. The molecule has 106 valence electrons. The maximum Gasteiger partial charge on any atom is 0.418 e. The lowest BCUT2D eigenvalue weighted by atomic mass is 10.1. The van der Waals surface area contributed by atoms with Crippen LogP contribution in [0.1, 0.15) is 12.0 Å². The molecule has 0 aliphatic rings. The van der Waals surface area contributed by atoms with Gasteiger partial charge in [-0.2, -0.15) is 13.2 Å². The van der Waals surface area contributed by atoms with Crippen LogP contribution in [-0.4, -0.2) is 25.2 Å². The van der Waals surface area contributed by atoms with Gasteiger partial charge < -0.3 is 10.1 Å². The maximum absolute atomic E-state index is 12.8. The maximum atomic E-state index is 12.8. The van der Waals surface area contributed by atoms with E-state index in [4.69, 9.17) is 4.74 Å². The second kappa shape index (κ2) is 6.37. The number of alkyl halides is 3. The van der Waals surface area contributed by atoms with Crippen LogP contribution in [0.4, 0.5) is 24.5 Å². The molecule has 0 saturated carbocycles. The van der Waals surface area contributed by atoms with Crippen LogP contribution >= 0.6 is 0 Å². The second-order valence-electron chi connectivity index (χ2n) is 3.76. The molecule has 1 aromatic carbocycles. The van der Waals surface area contributed by atoms with E-state index in [1.54, 1.807) is 0 Å². The van der Waals surface area contributed by atoms with Gasteiger partial charge >= 0.3 is 6.18 Å². The predicted octanol–water partition coefficient (Wildman–Crippen LogP) is 3.06. The summed E-state index contributed by atoms with van der Waals surface area (Å²) >= 11 is 0. The number of nitrogens with one attached hydrogen (secondary N) is 1. The molecule has 0 fully saturated rings. The van der Waals surface area contributed by atoms with Gasteiger partial charge in [-0.15, -0.1) is 0 Å². The molecule has 0 radical (unpaired) electrons. The lowest BCUT2D eigenvalue weighted by Gasteiger charge is -2.14. The van der Waals surface area contributed by atoms with Crippen molar-refractivity contribution in [1.82, 2.24) is 0 Å². The summed E-state index contributed by atoms with van der Waals surface area (Å²) in [6, 6.07) is 2.63. The fraction of sp³-hybridized carbons (Fsp3) is 0.455. The molecule has 0 bridgehead atoms. The number of nitro benzene ring substituents is 1. The SMILES string of the molecule is COCCCNc1ccc([N+](=O)[O-])cc1C(F)(F)F. The molecule has 0 atom stereocenters. The Bertz CT molecular complexity index is 449. The van der Waals surface area contributed by atoms with E-state index >= 15 is 0 Å². The Balaban J connectivity index is 2.93. The molecule has 1 aromatic rings. The van der Waals surface area contributed by atoms with E-state index in [2.05, 4.69) is 5.32 Å². The van der Waals surface area contributed by atoms with Crippen LogP contribution in [0.2, 0.25) is 0 Å². The highest BCUT2D eigenvalue weighted by Gasteiger charge is 2.35. The summed E-state index contributed by atoms with van der Waals surface area (Å²) in [5, 5.41) is 13.1. The zero-order valence-corrected chi connectivity index (χ0v) is 10.2. The normalized spacial score (nSPS) is 11.4. The van der Waals surface area contributed by atoms with Gasteiger partial charge in [-0.1, -0.05) is 0 Å². The minimum absolute atomic E-state index is 0.172. The van der Waals surface area contributed by atoms with E-state index in [-0.39, 0.29) is 12.2 Å². The van der Waals surface area contributed by atoms with Crippen LogP contribution in [-0.2, 0) is 10.9 Å². The lowest BCUT2D eigenvalue weighted by molar-refractivity contribution is -0.385. The molecule has 0 aliphatic carbocycles. The van der Waals surface area contributed by atoms with Crippen molar-refractivity contribution < 1.29 is 22.8 Å². The lowest BCUT2D eigenvalue weighted by Crippen LogP contribution is -2.13. The van der Waals surface area contributed by atoms with Gasteiger partial charge in [-0.3, -0.25) is 10.1 Å². The quantitative estimate of drug-likeness (QED) is 0.493. The third kappa shape index (κ3) is 4.40. The minimum atomic E-state index is -4.64. The van der Waals surface area contributed by atoms with E-state index in [9.17, 15) is 23.3 Å². The number of nitro groups is 1. The van der Waals surface area contributed by atoms with Gasteiger partial charge in [-0.05, 0) is 12.5 Å². The van der Waals surface area contributed by atoms with Gasteiger partial charge in [0.05, 0.1) is 10.5 Å². The molecule has 5 nitrogen and oxygen atoms in total. The van der Waals surface area contributed by atoms with Crippen molar-refractivity contribution in [2.75, 3.05) is 25.6 Å². The number of halogens is 3. The standard InChI is InChI=1S/C11H13F3N2O3/c1-19-6-2-5-15-10-4-3-8(16(17)18)7-9(10)11(12,13)14/h3-4,7,15H,2,5-6H2,1H3. The molecule has 0 saturated heterocycles. The molecule has 0 aliphatic heterocycles. The van der Waals surface area contributed by atoms with Crippen molar-refractivity contribution in [3.05, 3.63) is 33.9 Å². The average molecular weight is 278 g/mol. The summed E-state index contributed by atoms with van der Waals surface area (Å²) < 4.78 is 43.1. The topological polar surface area (TPSA) is 64.4 Å². The number of methoxy groups -OCH3 is 1. The summed E-state index contributed by atoms with van der Waals surface area (Å²) in [6.07, 6.45) is -4.11. The number of benzene rings is 1. The van der Waals surface area contributed by atoms with Gasteiger partial charge in [0, 0.05) is 38.1 Å². The van der Waals surface area contributed by atoms with E-state index in [0.717, 1.165) is 12.1 Å². The molecule has 19 heavy (non-hydrogen) atoms. The predicted molar refractivity (Wildman–Crippen MR) is 63.1 cm³/mol. The van der Waals surface area contributed by atoms with Crippen molar-refractivity contribution >= 4 is 11.4 Å². The number of hydrogen-bond donors (Lipinski definition) is 1. The average Bonchev–Trinajstić information content (AvgIpc) is 2.33. The van der Waals surface area contributed by atoms with Gasteiger partial charge in [0.15, 0.2) is 0 Å². The van der Waals surface area contributed by atoms with E-state index < -0.39 is 22.4 Å². The molecular formula is C11H13F3N2O3. The van der Waals surface area contributed by atoms with Crippen molar-refractivity contribution in [3.63, 3.8) is 0 Å². The summed E-state index contributed by atoms with van der Waals surface area (Å²) in [6.45, 7) is 0.704. The molecule has 1 N–H and O–H groups in total. The number of anilines is 1. The molecule has 0 heterocycles. The highest BCUT2D eigenvalue weighted by Crippen LogP contribution is 2.36. The second-order valence-corrected chi connectivity index (χ2v) is 3.76. The van der Waals surface area contributed by atoms with Gasteiger partial charge in [-0.25, -0.2) is 0 Å². The van der Waals surface area contributed by atoms with Crippen LogP contribution in [0.3, 0.4) is 0 Å². The van der Waals surface area contributed by atoms with Gasteiger partial charge in [0.1, 0.15) is 0 Å². The highest BCUT2D eigenvalue weighted by molar-refractivity contribution is 5.57. The van der Waals surface area contributed by atoms with Crippen molar-refractivity contribution in [2.24, 2.45) is 0 Å². The summed E-state index contributed by atoms with van der Waals surface area (Å²) in [7, 11) is 1.49. The molecule has 0 amide bonds. The van der Waals surface area contributed by atoms with E-state index in [1.165, 1.54) is 7.11 Å². The van der Waals surface area contributed by atoms with Crippen molar-refractivity contribution in [3.8, 4) is 0 Å². The van der Waals surface area contributed by atoms with E-state index in [1.807, 2.05) is 0 Å². The Morgan fingerprint density at radius 2 is 2.11 bits per heavy atom. The molecule has 0 unspecified atom stereocenters. The number of hydrogen-bond acceptors (Lipinski definition) is 4. The fourth-order valence-corrected chi connectivity index (χ4v) is 1.47. The Labute approximate surface area is 107 Å². The first kappa shape index (κ1) is 15.2. The number of ether oxygens (including phenoxy) is 1. The third-order valence-corrected chi connectivity index (χ3v) is 2.36. The Morgan fingerprint density at radius 1 is 1.42 bits per heavy atom. The monoisotopic (exact) mass is 278 g/mol. The summed E-state index contributed by atoms with van der Waals surface area (Å²) in [4.78, 5) is 9.63. The number of non-ortho nitro benzene ring substituents is 1. The zero-order chi connectivity index (χ0) is 14.5. The van der Waals surface area contributed by atoms with Crippen LogP contribution in [0.5, 0.6) is 0 Å². The van der Waals surface area contributed by atoms with E-state index in [0.29, 0.717) is 19.1 Å². The first-order valence-electron chi connectivity index (χ1n) is 5.44. The fourth-order valence-electron chi connectivity index (χ4n) is 1.47. The van der Waals surface area contributed by atoms with Crippen LogP contribution in [0.15, 0.2) is 18.2 Å². The Morgan fingerprint density at radius 3 is 2.63 bits per heavy atom. The zero-order valence-electron chi connectivity index (χ0n) is 10.2. The number of nitrogens with zero attached hydrogens (tertiary/aromatic N) is 1. The molecule has 8 heteroatoms. The molecular weight excluding hydrogens is 265 g/mol. The molecule has 1 rings (SSSR count). The smallest absolute Gasteiger partial charge is 0.385 e. The number of rotatable bonds is 6. The van der Waals surface area contributed by atoms with Crippen LogP contribution < -0.4 is 5.32 Å². The first-order chi connectivity index (χ1) is 8.86. The Kier molecular flexibility index (Phi) is 5.11. The van der Waals surface area contributed by atoms with Crippen molar-refractivity contribution in [1.29, 1.82) is 0 Å². The first-order valence-corrected chi connectivity index (χ1v) is 5.44. The molecule has 0 spiro atoms. The van der Waals surface area contributed by atoms with Crippen molar-refractivity contribution in [2.45, 2.75) is 12.6 Å². The minimum Gasteiger partial charge on any atom is -0.385 e.